The molecule has 0 aromatic heterocycles. The van der Waals surface area contributed by atoms with Crippen LogP contribution in [-0.2, 0) is 18.9 Å². The Balaban J connectivity index is 1.56. The largest absolute Gasteiger partial charge is 0.394 e. The second-order valence-electron chi connectivity index (χ2n) is 6.72. The summed E-state index contributed by atoms with van der Waals surface area (Å²) >= 11 is 11.9. The molecule has 150 valence electrons. The number of ether oxygens (including phenoxy) is 4. The predicted octanol–water partition coefficient (Wildman–Crippen LogP) is 3.24. The highest BCUT2D eigenvalue weighted by atomic mass is 35.5. The predicted molar refractivity (Wildman–Crippen MR) is 102 cm³/mol. The second-order valence-corrected chi connectivity index (χ2v) is 7.60. The molecule has 0 bridgehead atoms. The normalized spacial score (nSPS) is 33.1. The van der Waals surface area contributed by atoms with Crippen molar-refractivity contribution in [3.05, 3.63) is 69.7 Å². The molecule has 2 fully saturated rings. The van der Waals surface area contributed by atoms with Crippen LogP contribution in [0.3, 0.4) is 0 Å². The maximum atomic E-state index is 10.8. The molecule has 0 amide bonds. The van der Waals surface area contributed by atoms with E-state index in [-0.39, 0.29) is 13.2 Å². The number of hydrogen-bond donors (Lipinski definition) is 2. The van der Waals surface area contributed by atoms with Gasteiger partial charge in [-0.25, -0.2) is 0 Å². The molecule has 2 saturated heterocycles. The molecular weight excluding hydrogens is 407 g/mol. The molecule has 2 aromatic carbocycles. The molecular formula is C20H20Cl2O6. The van der Waals surface area contributed by atoms with Crippen LogP contribution in [0.5, 0.6) is 0 Å². The minimum atomic E-state index is -1.09. The number of aliphatic hydroxyl groups excluding tert-OH is 2. The van der Waals surface area contributed by atoms with Gasteiger partial charge in [0.25, 0.3) is 0 Å². The van der Waals surface area contributed by atoms with Crippen LogP contribution in [0.1, 0.15) is 23.7 Å². The summed E-state index contributed by atoms with van der Waals surface area (Å²) in [5.41, 5.74) is 1.49. The van der Waals surface area contributed by atoms with Gasteiger partial charge in [-0.1, -0.05) is 47.5 Å². The molecule has 2 unspecified atom stereocenters. The van der Waals surface area contributed by atoms with E-state index in [1.165, 1.54) is 0 Å². The van der Waals surface area contributed by atoms with Gasteiger partial charge in [0.05, 0.1) is 13.2 Å². The smallest absolute Gasteiger partial charge is 0.184 e. The summed E-state index contributed by atoms with van der Waals surface area (Å²) in [5, 5.41) is 21.7. The van der Waals surface area contributed by atoms with Crippen LogP contribution in [-0.4, -0.2) is 47.8 Å². The maximum absolute atomic E-state index is 10.8. The zero-order chi connectivity index (χ0) is 19.7. The van der Waals surface area contributed by atoms with E-state index < -0.39 is 37.0 Å². The summed E-state index contributed by atoms with van der Waals surface area (Å²) in [4.78, 5) is 0. The summed E-state index contributed by atoms with van der Waals surface area (Å²) in [5.74, 6) is 0. The van der Waals surface area contributed by atoms with E-state index >= 15 is 0 Å². The van der Waals surface area contributed by atoms with E-state index in [0.717, 1.165) is 11.1 Å². The highest BCUT2D eigenvalue weighted by molar-refractivity contribution is 6.30. The van der Waals surface area contributed by atoms with Crippen molar-refractivity contribution in [3.63, 3.8) is 0 Å². The van der Waals surface area contributed by atoms with Crippen molar-refractivity contribution in [1.29, 1.82) is 0 Å². The average molecular weight is 427 g/mol. The van der Waals surface area contributed by atoms with Gasteiger partial charge in [-0.3, -0.25) is 0 Å². The third-order valence-electron chi connectivity index (χ3n) is 4.84. The minimum Gasteiger partial charge on any atom is -0.394 e. The van der Waals surface area contributed by atoms with Crippen molar-refractivity contribution < 1.29 is 29.2 Å². The Labute approximate surface area is 172 Å². The molecule has 2 N–H and O–H groups in total. The topological polar surface area (TPSA) is 77.4 Å². The first-order valence-electron chi connectivity index (χ1n) is 8.93. The molecule has 28 heavy (non-hydrogen) atoms. The van der Waals surface area contributed by atoms with Crippen LogP contribution in [0, 0.1) is 0 Å². The summed E-state index contributed by atoms with van der Waals surface area (Å²) < 4.78 is 23.7. The molecule has 2 heterocycles. The van der Waals surface area contributed by atoms with Crippen LogP contribution < -0.4 is 0 Å². The van der Waals surface area contributed by atoms with Crippen molar-refractivity contribution >= 4 is 23.2 Å². The van der Waals surface area contributed by atoms with Gasteiger partial charge in [0.2, 0.25) is 0 Å². The molecule has 0 aliphatic carbocycles. The molecule has 2 aliphatic rings. The Morgan fingerprint density at radius 2 is 1.39 bits per heavy atom. The Morgan fingerprint density at radius 1 is 0.821 bits per heavy atom. The summed E-state index contributed by atoms with van der Waals surface area (Å²) in [7, 11) is 0. The maximum Gasteiger partial charge on any atom is 0.184 e. The van der Waals surface area contributed by atoms with E-state index in [0.29, 0.717) is 10.0 Å². The van der Waals surface area contributed by atoms with Crippen LogP contribution >= 0.6 is 23.2 Å². The van der Waals surface area contributed by atoms with Crippen molar-refractivity contribution in [2.45, 2.75) is 37.0 Å². The zero-order valence-electron chi connectivity index (χ0n) is 14.8. The Hall–Kier alpha value is -1.22. The highest BCUT2D eigenvalue weighted by Gasteiger charge is 2.46. The second kappa shape index (κ2) is 8.65. The average Bonchev–Trinajstić information content (AvgIpc) is 2.85. The molecule has 0 saturated carbocycles. The first-order valence-corrected chi connectivity index (χ1v) is 9.68. The van der Waals surface area contributed by atoms with Crippen molar-refractivity contribution in [1.82, 2.24) is 0 Å². The van der Waals surface area contributed by atoms with Gasteiger partial charge in [0.15, 0.2) is 12.6 Å². The van der Waals surface area contributed by atoms with Gasteiger partial charge in [0, 0.05) is 21.2 Å². The summed E-state index contributed by atoms with van der Waals surface area (Å²) in [6, 6.07) is 14.1. The molecule has 2 aliphatic heterocycles. The molecule has 8 heteroatoms. The molecule has 6 nitrogen and oxygen atoms in total. The van der Waals surface area contributed by atoms with Crippen LogP contribution in [0.25, 0.3) is 0 Å². The van der Waals surface area contributed by atoms with Crippen LogP contribution in [0.2, 0.25) is 10.0 Å². The van der Waals surface area contributed by atoms with Gasteiger partial charge in [-0.15, -0.1) is 0 Å². The van der Waals surface area contributed by atoms with Gasteiger partial charge in [0.1, 0.15) is 24.4 Å². The summed E-state index contributed by atoms with van der Waals surface area (Å²) in [6.45, 7) is -0.186. The Morgan fingerprint density at radius 3 is 1.96 bits per heavy atom. The van der Waals surface area contributed by atoms with Gasteiger partial charge < -0.3 is 29.2 Å². The fourth-order valence-electron chi connectivity index (χ4n) is 3.33. The van der Waals surface area contributed by atoms with E-state index in [1.54, 1.807) is 48.5 Å². The van der Waals surface area contributed by atoms with Crippen molar-refractivity contribution in [3.8, 4) is 0 Å². The molecule has 0 spiro atoms. The number of benzene rings is 2. The van der Waals surface area contributed by atoms with E-state index in [2.05, 4.69) is 0 Å². The van der Waals surface area contributed by atoms with Gasteiger partial charge in [-0.2, -0.15) is 0 Å². The number of halogens is 2. The van der Waals surface area contributed by atoms with E-state index in [4.69, 9.17) is 42.1 Å². The zero-order valence-corrected chi connectivity index (χ0v) is 16.3. The molecule has 4 rings (SSSR count). The van der Waals surface area contributed by atoms with Crippen molar-refractivity contribution in [2.75, 3.05) is 13.2 Å². The van der Waals surface area contributed by atoms with E-state index in [1.807, 2.05) is 0 Å². The summed E-state index contributed by atoms with van der Waals surface area (Å²) in [6.07, 6.45) is -4.74. The first kappa shape index (κ1) is 20.1. The lowest BCUT2D eigenvalue weighted by atomic mass is 10.0. The highest BCUT2D eigenvalue weighted by Crippen LogP contribution is 2.37. The number of hydrogen-bond acceptors (Lipinski definition) is 6. The number of fused-ring (bicyclic) bond motifs is 1. The lowest BCUT2D eigenvalue weighted by Crippen LogP contribution is -2.51. The third kappa shape index (κ3) is 4.20. The molecule has 6 atom stereocenters. The van der Waals surface area contributed by atoms with E-state index in [9.17, 15) is 10.2 Å². The van der Waals surface area contributed by atoms with Gasteiger partial charge in [-0.05, 0) is 24.3 Å². The van der Waals surface area contributed by atoms with Gasteiger partial charge >= 0.3 is 0 Å². The Kier molecular flexibility index (Phi) is 6.20. The Bertz CT molecular complexity index is 784. The first-order chi connectivity index (χ1) is 13.5. The third-order valence-corrected chi connectivity index (χ3v) is 5.34. The fraction of sp³-hybridized carbons (Fsp3) is 0.400. The number of rotatable bonds is 3. The monoisotopic (exact) mass is 426 g/mol. The lowest BCUT2D eigenvalue weighted by Gasteiger charge is -2.37. The standard InChI is InChI=1S/C20H20Cl2O6/c21-13-5-1-11(2-6-13)19-25-10-16-18(28-19)17(24)15(9-23)26-20(27-16)12-3-7-14(22)8-4-12/h1-8,15-20,23-24H,9-10H2/t15-,16+,17-,18-,19?,20?/m0/s1. The molecule has 2 aromatic rings. The fourth-order valence-corrected chi connectivity index (χ4v) is 3.58. The quantitative estimate of drug-likeness (QED) is 0.784. The lowest BCUT2D eigenvalue weighted by molar-refractivity contribution is -0.289. The van der Waals surface area contributed by atoms with Crippen LogP contribution in [0.15, 0.2) is 48.5 Å². The minimum absolute atomic E-state index is 0.195. The SMILES string of the molecule is OC[C@@H]1OC(c2ccc(Cl)cc2)O[C@@H]2COC(c3ccc(Cl)cc3)O[C@@H]2[C@H]1O. The number of aliphatic hydroxyl groups is 2. The van der Waals surface area contributed by atoms with Crippen LogP contribution in [0.4, 0.5) is 0 Å². The molecule has 0 radical (unpaired) electrons. The van der Waals surface area contributed by atoms with Crippen molar-refractivity contribution in [2.24, 2.45) is 0 Å².